The fourth-order valence-corrected chi connectivity index (χ4v) is 2.85. The number of carboxylic acids is 1. The lowest BCUT2D eigenvalue weighted by atomic mass is 10.1. The third-order valence-electron chi connectivity index (χ3n) is 4.15. The van der Waals surface area contributed by atoms with E-state index in [-0.39, 0.29) is 37.0 Å². The van der Waals surface area contributed by atoms with Crippen LogP contribution in [0.1, 0.15) is 30.4 Å². The van der Waals surface area contributed by atoms with Gasteiger partial charge in [-0.15, -0.1) is 0 Å². The first-order valence-corrected chi connectivity index (χ1v) is 8.05. The maximum absolute atomic E-state index is 13.0. The highest BCUT2D eigenvalue weighted by atomic mass is 16.5. The number of carboxylic acid groups (broad SMARTS) is 1. The monoisotopic (exact) mass is 345 g/mol. The minimum absolute atomic E-state index is 0.0506. The molecule has 25 heavy (non-hydrogen) atoms. The van der Waals surface area contributed by atoms with Crippen molar-refractivity contribution < 1.29 is 19.4 Å². The molecule has 8 heteroatoms. The van der Waals surface area contributed by atoms with Crippen molar-refractivity contribution in [3.05, 3.63) is 40.3 Å². The lowest BCUT2D eigenvalue weighted by Gasteiger charge is -2.31. The molecule has 1 saturated heterocycles. The quantitative estimate of drug-likeness (QED) is 0.887. The number of aromatic nitrogens is 2. The van der Waals surface area contributed by atoms with Crippen LogP contribution in [0.3, 0.4) is 0 Å². The van der Waals surface area contributed by atoms with Crippen LogP contribution in [0.5, 0.6) is 0 Å². The molecule has 2 aromatic rings. The molecule has 0 aliphatic carbocycles. The summed E-state index contributed by atoms with van der Waals surface area (Å²) in [5.41, 5.74) is -0.109. The van der Waals surface area contributed by atoms with Crippen LogP contribution in [-0.4, -0.2) is 57.5 Å². The van der Waals surface area contributed by atoms with E-state index in [9.17, 15) is 14.4 Å². The Morgan fingerprint density at radius 3 is 2.60 bits per heavy atom. The zero-order chi connectivity index (χ0) is 18.1. The Kier molecular flexibility index (Phi) is 4.54. The van der Waals surface area contributed by atoms with Gasteiger partial charge in [0.25, 0.3) is 11.5 Å². The Morgan fingerprint density at radius 2 is 1.96 bits per heavy atom. The average molecular weight is 345 g/mol. The zero-order valence-corrected chi connectivity index (χ0v) is 14.0. The van der Waals surface area contributed by atoms with Crippen molar-refractivity contribution in [2.24, 2.45) is 0 Å². The van der Waals surface area contributed by atoms with Crippen molar-refractivity contribution in [3.8, 4) is 0 Å². The number of aliphatic carboxylic acids is 1. The molecule has 0 spiro atoms. The predicted octanol–water partition coefficient (Wildman–Crippen LogP) is 0.903. The number of hydrogen-bond acceptors (Lipinski definition) is 5. The molecule has 1 atom stereocenters. The second-order valence-electron chi connectivity index (χ2n) is 6.19. The topological polar surface area (TPSA) is 102 Å². The number of nitrogens with zero attached hydrogens (tertiary/aromatic N) is 3. The summed E-state index contributed by atoms with van der Waals surface area (Å²) in [4.78, 5) is 38.1. The molecule has 1 fully saturated rings. The molecular weight excluding hydrogens is 326 g/mol. The minimum Gasteiger partial charge on any atom is -0.479 e. The molecule has 2 heterocycles. The van der Waals surface area contributed by atoms with Crippen molar-refractivity contribution in [2.75, 3.05) is 19.7 Å². The highest BCUT2D eigenvalue weighted by Crippen LogP contribution is 2.18. The number of fused-ring (bicyclic) bond motifs is 1. The standard InChI is InChI=1S/C17H19N3O5/c1-10(2)20-15(21)12-6-4-3-5-11(12)14(18-20)16(22)19-7-8-25-13(9-19)17(23)24/h3-6,10,13H,7-9H2,1-2H3,(H,23,24)/t13-/m0/s1. The number of ether oxygens (including phenoxy) is 1. The van der Waals surface area contributed by atoms with Crippen LogP contribution in [0.15, 0.2) is 29.1 Å². The first-order chi connectivity index (χ1) is 11.9. The van der Waals surface area contributed by atoms with E-state index in [0.717, 1.165) is 0 Å². The summed E-state index contributed by atoms with van der Waals surface area (Å²) in [6, 6.07) is 6.60. The van der Waals surface area contributed by atoms with Gasteiger partial charge < -0.3 is 14.7 Å². The molecule has 0 saturated carbocycles. The normalized spacial score (nSPS) is 17.9. The van der Waals surface area contributed by atoms with Crippen molar-refractivity contribution in [1.82, 2.24) is 14.7 Å². The molecule has 0 bridgehead atoms. The van der Waals surface area contributed by atoms with Gasteiger partial charge in [0.2, 0.25) is 0 Å². The number of morpholine rings is 1. The first-order valence-electron chi connectivity index (χ1n) is 8.05. The molecule has 1 N–H and O–H groups in total. The number of rotatable bonds is 3. The van der Waals surface area contributed by atoms with Gasteiger partial charge in [0.1, 0.15) is 0 Å². The second kappa shape index (κ2) is 6.64. The van der Waals surface area contributed by atoms with E-state index in [1.54, 1.807) is 24.3 Å². The third kappa shape index (κ3) is 3.12. The first kappa shape index (κ1) is 17.1. The molecule has 132 valence electrons. The van der Waals surface area contributed by atoms with E-state index in [4.69, 9.17) is 9.84 Å². The molecule has 1 aromatic carbocycles. The van der Waals surface area contributed by atoms with Gasteiger partial charge in [0, 0.05) is 11.9 Å². The minimum atomic E-state index is -1.11. The molecule has 0 radical (unpaired) electrons. The molecule has 1 aromatic heterocycles. The number of carbonyl (C=O) groups is 2. The summed E-state index contributed by atoms with van der Waals surface area (Å²) in [6.07, 6.45) is -1.06. The lowest BCUT2D eigenvalue weighted by molar-refractivity contribution is -0.154. The highest BCUT2D eigenvalue weighted by Gasteiger charge is 2.31. The van der Waals surface area contributed by atoms with Crippen LogP contribution in [0.4, 0.5) is 0 Å². The summed E-state index contributed by atoms with van der Waals surface area (Å²) >= 11 is 0. The van der Waals surface area contributed by atoms with Gasteiger partial charge in [-0.2, -0.15) is 5.10 Å². The van der Waals surface area contributed by atoms with Gasteiger partial charge in [0.05, 0.1) is 24.6 Å². The van der Waals surface area contributed by atoms with E-state index in [2.05, 4.69) is 5.10 Å². The van der Waals surface area contributed by atoms with Crippen molar-refractivity contribution in [2.45, 2.75) is 26.0 Å². The third-order valence-corrected chi connectivity index (χ3v) is 4.15. The maximum atomic E-state index is 13.0. The van der Waals surface area contributed by atoms with Crippen LogP contribution >= 0.6 is 0 Å². The molecule has 1 amide bonds. The zero-order valence-electron chi connectivity index (χ0n) is 14.0. The van der Waals surface area contributed by atoms with E-state index in [1.165, 1.54) is 9.58 Å². The van der Waals surface area contributed by atoms with E-state index in [0.29, 0.717) is 10.8 Å². The summed E-state index contributed by atoms with van der Waals surface area (Å²) < 4.78 is 6.44. The number of hydrogen-bond donors (Lipinski definition) is 1. The fraction of sp³-hybridized carbons (Fsp3) is 0.412. The van der Waals surface area contributed by atoms with Gasteiger partial charge >= 0.3 is 5.97 Å². The molecule has 3 rings (SSSR count). The summed E-state index contributed by atoms with van der Waals surface area (Å²) in [6.45, 7) is 3.99. The van der Waals surface area contributed by atoms with Crippen LogP contribution in [-0.2, 0) is 9.53 Å². The number of carbonyl (C=O) groups excluding carboxylic acids is 1. The van der Waals surface area contributed by atoms with Crippen LogP contribution in [0.2, 0.25) is 0 Å². The van der Waals surface area contributed by atoms with Gasteiger partial charge in [-0.3, -0.25) is 9.59 Å². The second-order valence-corrected chi connectivity index (χ2v) is 6.19. The Morgan fingerprint density at radius 1 is 1.28 bits per heavy atom. The van der Waals surface area contributed by atoms with Crippen LogP contribution in [0.25, 0.3) is 10.8 Å². The van der Waals surface area contributed by atoms with E-state index >= 15 is 0 Å². The van der Waals surface area contributed by atoms with Crippen molar-refractivity contribution in [3.63, 3.8) is 0 Å². The van der Waals surface area contributed by atoms with Crippen LogP contribution < -0.4 is 5.56 Å². The smallest absolute Gasteiger partial charge is 0.334 e. The van der Waals surface area contributed by atoms with E-state index in [1.807, 2.05) is 13.8 Å². The predicted molar refractivity (Wildman–Crippen MR) is 89.7 cm³/mol. The van der Waals surface area contributed by atoms with Gasteiger partial charge in [-0.05, 0) is 19.9 Å². The fourth-order valence-electron chi connectivity index (χ4n) is 2.85. The Balaban J connectivity index is 2.08. The molecule has 8 nitrogen and oxygen atoms in total. The number of amides is 1. The summed E-state index contributed by atoms with van der Waals surface area (Å²) in [7, 11) is 0. The SMILES string of the molecule is CC(C)n1nc(C(=O)N2CCO[C@H](C(=O)O)C2)c2ccccc2c1=O. The van der Waals surface area contributed by atoms with Gasteiger partial charge in [-0.25, -0.2) is 9.48 Å². The number of benzene rings is 1. The molecular formula is C17H19N3O5. The van der Waals surface area contributed by atoms with Gasteiger partial charge in [-0.1, -0.05) is 18.2 Å². The highest BCUT2D eigenvalue weighted by molar-refractivity contribution is 6.05. The van der Waals surface area contributed by atoms with Crippen molar-refractivity contribution >= 4 is 22.6 Å². The van der Waals surface area contributed by atoms with E-state index < -0.39 is 18.0 Å². The average Bonchev–Trinajstić information content (AvgIpc) is 2.61. The molecule has 1 aliphatic heterocycles. The van der Waals surface area contributed by atoms with Gasteiger partial charge in [0.15, 0.2) is 11.8 Å². The molecule has 1 aliphatic rings. The summed E-state index contributed by atoms with van der Waals surface area (Å²) in [5.74, 6) is -1.51. The lowest BCUT2D eigenvalue weighted by Crippen LogP contribution is -2.49. The maximum Gasteiger partial charge on any atom is 0.334 e. The Labute approximate surface area is 143 Å². The Bertz CT molecular complexity index is 889. The summed E-state index contributed by atoms with van der Waals surface area (Å²) in [5, 5.41) is 14.3. The molecule has 0 unspecified atom stereocenters. The Hall–Kier alpha value is -2.74. The van der Waals surface area contributed by atoms with Crippen molar-refractivity contribution in [1.29, 1.82) is 0 Å². The van der Waals surface area contributed by atoms with Crippen LogP contribution in [0, 0.1) is 0 Å². The largest absolute Gasteiger partial charge is 0.479 e.